The lowest BCUT2D eigenvalue weighted by Crippen LogP contribution is -2.18. The quantitative estimate of drug-likeness (QED) is 0.757. The predicted octanol–water partition coefficient (Wildman–Crippen LogP) is 2.14. The fourth-order valence-corrected chi connectivity index (χ4v) is 2.36. The molecule has 2 aliphatic heterocycles. The number of ether oxygens (including phenoxy) is 1. The Morgan fingerprint density at radius 1 is 1.38 bits per heavy atom. The summed E-state index contributed by atoms with van der Waals surface area (Å²) in [6, 6.07) is 4.29. The molecule has 4 heteroatoms. The van der Waals surface area contributed by atoms with Crippen LogP contribution >= 0.6 is 0 Å². The Balaban J connectivity index is 2.11. The number of nitrogens with zero attached hydrogens (tertiary/aromatic N) is 1. The topological polar surface area (TPSA) is 45.6 Å². The van der Waals surface area contributed by atoms with Crippen molar-refractivity contribution in [1.29, 1.82) is 0 Å². The first-order valence-corrected chi connectivity index (χ1v) is 5.61. The molecule has 3 rings (SSSR count). The van der Waals surface area contributed by atoms with Crippen molar-refractivity contribution >= 4 is 17.7 Å². The zero-order valence-electron chi connectivity index (χ0n) is 9.29. The molecule has 2 aliphatic rings. The van der Waals surface area contributed by atoms with Gasteiger partial charge in [0.15, 0.2) is 6.23 Å². The molecule has 0 radical (unpaired) electrons. The molecule has 0 saturated heterocycles. The number of aliphatic imine (C=N–C) groups is 1. The lowest BCUT2D eigenvalue weighted by Gasteiger charge is -2.27. The molecule has 1 aromatic rings. The van der Waals surface area contributed by atoms with Gasteiger partial charge in [-0.25, -0.2) is 4.99 Å². The third-order valence-corrected chi connectivity index (χ3v) is 3.16. The van der Waals surface area contributed by atoms with Gasteiger partial charge in [-0.1, -0.05) is 12.1 Å². The molecular formula is C12H15N3O. The van der Waals surface area contributed by atoms with Crippen LogP contribution in [0.25, 0.3) is 0 Å². The van der Waals surface area contributed by atoms with E-state index in [-0.39, 0.29) is 6.23 Å². The molecule has 0 amide bonds. The van der Waals surface area contributed by atoms with Crippen molar-refractivity contribution in [2.24, 2.45) is 4.99 Å². The van der Waals surface area contributed by atoms with Crippen LogP contribution in [0, 0.1) is 0 Å². The summed E-state index contributed by atoms with van der Waals surface area (Å²) in [5, 5.41) is 6.68. The Hall–Kier alpha value is -1.55. The first-order valence-electron chi connectivity index (χ1n) is 5.61. The number of hydrogen-bond donors (Lipinski definition) is 2. The van der Waals surface area contributed by atoms with E-state index in [0.717, 1.165) is 24.2 Å². The third kappa shape index (κ3) is 1.38. The number of aryl methyl sites for hydroxylation is 1. The van der Waals surface area contributed by atoms with E-state index in [9.17, 15) is 0 Å². The molecule has 2 N–H and O–H groups in total. The van der Waals surface area contributed by atoms with Crippen molar-refractivity contribution in [2.45, 2.75) is 19.1 Å². The molecule has 4 nitrogen and oxygen atoms in total. The number of benzene rings is 1. The molecular weight excluding hydrogens is 202 g/mol. The van der Waals surface area contributed by atoms with Crippen molar-refractivity contribution in [1.82, 2.24) is 0 Å². The minimum absolute atomic E-state index is 0.176. The standard InChI is InChI=1S/C12H15N3O/c1-16-12-9-5-4-8-3-2-6-13-10(8)11(9)14-7-15-12/h4-5,7,12-13H,2-3,6H2,1H3,(H,14,15). The number of anilines is 2. The van der Waals surface area contributed by atoms with Gasteiger partial charge in [0.1, 0.15) is 0 Å². The van der Waals surface area contributed by atoms with Gasteiger partial charge in [0.2, 0.25) is 0 Å². The van der Waals surface area contributed by atoms with Crippen molar-refractivity contribution in [3.8, 4) is 0 Å². The van der Waals surface area contributed by atoms with Crippen LogP contribution in [0.2, 0.25) is 0 Å². The zero-order chi connectivity index (χ0) is 11.0. The number of hydrogen-bond acceptors (Lipinski definition) is 4. The lowest BCUT2D eigenvalue weighted by molar-refractivity contribution is 0.111. The highest BCUT2D eigenvalue weighted by Gasteiger charge is 2.22. The molecule has 1 aromatic carbocycles. The summed E-state index contributed by atoms with van der Waals surface area (Å²) < 4.78 is 5.34. The van der Waals surface area contributed by atoms with Crippen LogP contribution in [0.5, 0.6) is 0 Å². The van der Waals surface area contributed by atoms with Crippen molar-refractivity contribution in [3.63, 3.8) is 0 Å². The van der Waals surface area contributed by atoms with Crippen LogP contribution in [0.3, 0.4) is 0 Å². The van der Waals surface area contributed by atoms with Crippen molar-refractivity contribution in [2.75, 3.05) is 24.3 Å². The lowest BCUT2D eigenvalue weighted by atomic mass is 9.98. The molecule has 0 saturated carbocycles. The summed E-state index contributed by atoms with van der Waals surface area (Å²) in [6.07, 6.45) is 3.89. The average Bonchev–Trinajstić information content (AvgIpc) is 2.37. The number of fused-ring (bicyclic) bond motifs is 3. The maximum absolute atomic E-state index is 5.34. The van der Waals surface area contributed by atoms with Gasteiger partial charge in [0.25, 0.3) is 0 Å². The first-order chi connectivity index (χ1) is 7.90. The minimum Gasteiger partial charge on any atom is -0.383 e. The summed E-state index contributed by atoms with van der Waals surface area (Å²) in [4.78, 5) is 4.25. The van der Waals surface area contributed by atoms with Crippen LogP contribution in [0.1, 0.15) is 23.8 Å². The average molecular weight is 217 g/mol. The zero-order valence-corrected chi connectivity index (χ0v) is 9.29. The summed E-state index contributed by atoms with van der Waals surface area (Å²) in [5.74, 6) is 0. The summed E-state index contributed by atoms with van der Waals surface area (Å²) >= 11 is 0. The monoisotopic (exact) mass is 217 g/mol. The molecule has 0 aromatic heterocycles. The van der Waals surface area contributed by atoms with Crippen molar-refractivity contribution < 1.29 is 4.74 Å². The summed E-state index contributed by atoms with van der Waals surface area (Å²) in [7, 11) is 1.68. The van der Waals surface area contributed by atoms with E-state index < -0.39 is 0 Å². The van der Waals surface area contributed by atoms with E-state index in [1.165, 1.54) is 17.7 Å². The number of rotatable bonds is 1. The molecule has 0 fully saturated rings. The highest BCUT2D eigenvalue weighted by molar-refractivity contribution is 5.89. The van der Waals surface area contributed by atoms with Gasteiger partial charge < -0.3 is 15.4 Å². The highest BCUT2D eigenvalue weighted by atomic mass is 16.5. The van der Waals surface area contributed by atoms with E-state index in [1.807, 2.05) is 0 Å². The Labute approximate surface area is 94.7 Å². The van der Waals surface area contributed by atoms with Gasteiger partial charge >= 0.3 is 0 Å². The summed E-state index contributed by atoms with van der Waals surface area (Å²) in [6.45, 7) is 1.04. The summed E-state index contributed by atoms with van der Waals surface area (Å²) in [5.41, 5.74) is 4.83. The third-order valence-electron chi connectivity index (χ3n) is 3.16. The molecule has 0 spiro atoms. The number of nitrogens with one attached hydrogen (secondary N) is 2. The smallest absolute Gasteiger partial charge is 0.177 e. The van der Waals surface area contributed by atoms with Gasteiger partial charge in [-0.15, -0.1) is 0 Å². The largest absolute Gasteiger partial charge is 0.383 e. The predicted molar refractivity (Wildman–Crippen MR) is 65.1 cm³/mol. The normalized spacial score (nSPS) is 21.7. The molecule has 0 aliphatic carbocycles. The molecule has 1 atom stereocenters. The van der Waals surface area contributed by atoms with Gasteiger partial charge in [-0.3, -0.25) is 0 Å². The fraction of sp³-hybridized carbons (Fsp3) is 0.417. The van der Waals surface area contributed by atoms with Gasteiger partial charge in [-0.05, 0) is 18.4 Å². The molecule has 0 bridgehead atoms. The van der Waals surface area contributed by atoms with E-state index in [2.05, 4.69) is 27.8 Å². The van der Waals surface area contributed by atoms with E-state index in [0.29, 0.717) is 0 Å². The minimum atomic E-state index is -0.176. The number of methoxy groups -OCH3 is 1. The van der Waals surface area contributed by atoms with Gasteiger partial charge in [-0.2, -0.15) is 0 Å². The van der Waals surface area contributed by atoms with Gasteiger partial charge in [0.05, 0.1) is 17.7 Å². The van der Waals surface area contributed by atoms with Crippen molar-refractivity contribution in [3.05, 3.63) is 23.3 Å². The van der Waals surface area contributed by atoms with Crippen LogP contribution in [0.15, 0.2) is 17.1 Å². The Kier molecular flexibility index (Phi) is 2.29. The Morgan fingerprint density at radius 3 is 3.19 bits per heavy atom. The SMILES string of the molecule is COC1N=CNc2c1ccc1c2NCCC1. The molecule has 1 unspecified atom stereocenters. The molecule has 84 valence electrons. The molecule has 2 heterocycles. The van der Waals surface area contributed by atoms with E-state index in [1.54, 1.807) is 13.4 Å². The van der Waals surface area contributed by atoms with Gasteiger partial charge in [0, 0.05) is 19.2 Å². The van der Waals surface area contributed by atoms with E-state index in [4.69, 9.17) is 4.74 Å². The Morgan fingerprint density at radius 2 is 2.31 bits per heavy atom. The fourth-order valence-electron chi connectivity index (χ4n) is 2.36. The maximum Gasteiger partial charge on any atom is 0.177 e. The van der Waals surface area contributed by atoms with E-state index >= 15 is 0 Å². The second-order valence-electron chi connectivity index (χ2n) is 4.10. The van der Waals surface area contributed by atoms with Crippen LogP contribution in [0.4, 0.5) is 11.4 Å². The molecule has 16 heavy (non-hydrogen) atoms. The maximum atomic E-state index is 5.34. The highest BCUT2D eigenvalue weighted by Crippen LogP contribution is 2.38. The van der Waals surface area contributed by atoms with Crippen LogP contribution in [-0.4, -0.2) is 20.0 Å². The van der Waals surface area contributed by atoms with Crippen LogP contribution < -0.4 is 10.6 Å². The van der Waals surface area contributed by atoms with Crippen LogP contribution in [-0.2, 0) is 11.2 Å². The Bertz CT molecular complexity index is 442. The second-order valence-corrected chi connectivity index (χ2v) is 4.10. The second kappa shape index (κ2) is 3.79. The first kappa shape index (κ1) is 9.66.